The molecule has 32 heavy (non-hydrogen) atoms. The molecule has 5 rings (SSSR count). The lowest BCUT2D eigenvalue weighted by molar-refractivity contribution is -0.108. The highest BCUT2D eigenvalue weighted by Crippen LogP contribution is 2.35. The summed E-state index contributed by atoms with van der Waals surface area (Å²) >= 11 is 0. The van der Waals surface area contributed by atoms with E-state index in [1.165, 1.54) is 17.5 Å². The third kappa shape index (κ3) is 3.86. The number of nitrogens with zero attached hydrogens (tertiary/aromatic N) is 4. The first-order chi connectivity index (χ1) is 15.3. The number of likely N-dealkylation sites (tertiary alicyclic amines) is 1. The number of fused-ring (bicyclic) bond motifs is 3. The number of carboxylic acid groups (broad SMARTS) is 1. The van der Waals surface area contributed by atoms with Crippen LogP contribution < -0.4 is 9.64 Å². The molecule has 1 aromatic rings. The van der Waals surface area contributed by atoms with Crippen molar-refractivity contribution in [1.82, 2.24) is 14.9 Å². The van der Waals surface area contributed by atoms with E-state index in [4.69, 9.17) is 9.47 Å². The number of amides is 1. The number of aromatic nitrogens is 2. The Hall–Kier alpha value is -2.92. The molecular weight excluding hydrogens is 436 g/mol. The van der Waals surface area contributed by atoms with Crippen molar-refractivity contribution in [2.24, 2.45) is 11.8 Å². The van der Waals surface area contributed by atoms with Gasteiger partial charge in [0, 0.05) is 43.4 Å². The van der Waals surface area contributed by atoms with E-state index in [2.05, 4.69) is 9.97 Å². The minimum atomic E-state index is -3.25. The van der Waals surface area contributed by atoms with Gasteiger partial charge in [-0.25, -0.2) is 23.2 Å². The maximum absolute atomic E-state index is 11.9. The van der Waals surface area contributed by atoms with Crippen molar-refractivity contribution in [3.05, 3.63) is 47.3 Å². The SMILES string of the molecule is CS(=O)(=O)C1=CCC2C(=C1)C=CN2c1cc(OC2C3COCC2CN(C(=O)O)C3)ncn1. The van der Waals surface area contributed by atoms with Crippen molar-refractivity contribution in [1.29, 1.82) is 0 Å². The van der Waals surface area contributed by atoms with Gasteiger partial charge in [-0.3, -0.25) is 0 Å². The smallest absolute Gasteiger partial charge is 0.407 e. The summed E-state index contributed by atoms with van der Waals surface area (Å²) in [7, 11) is -3.25. The molecule has 2 fully saturated rings. The Balaban J connectivity index is 1.32. The lowest BCUT2D eigenvalue weighted by atomic mass is 9.85. The van der Waals surface area contributed by atoms with Gasteiger partial charge in [0.15, 0.2) is 9.84 Å². The molecule has 0 spiro atoms. The van der Waals surface area contributed by atoms with Crippen molar-refractivity contribution in [3.63, 3.8) is 0 Å². The highest BCUT2D eigenvalue weighted by Gasteiger charge is 2.43. The number of piperidine rings is 1. The van der Waals surface area contributed by atoms with Crippen LogP contribution in [0.25, 0.3) is 0 Å². The van der Waals surface area contributed by atoms with Gasteiger partial charge in [0.2, 0.25) is 5.88 Å². The minimum Gasteiger partial charge on any atom is -0.473 e. The molecule has 170 valence electrons. The number of ether oxygens (including phenoxy) is 2. The Morgan fingerprint density at radius 3 is 2.69 bits per heavy atom. The zero-order valence-electron chi connectivity index (χ0n) is 17.5. The molecule has 0 aromatic carbocycles. The van der Waals surface area contributed by atoms with Gasteiger partial charge in [-0.05, 0) is 24.1 Å². The number of hydrogen-bond acceptors (Lipinski definition) is 8. The van der Waals surface area contributed by atoms with Crippen molar-refractivity contribution >= 4 is 21.7 Å². The summed E-state index contributed by atoms with van der Waals surface area (Å²) < 4.78 is 35.6. The van der Waals surface area contributed by atoms with Gasteiger partial charge in [-0.1, -0.05) is 6.08 Å². The summed E-state index contributed by atoms with van der Waals surface area (Å²) in [5.41, 5.74) is 0.918. The highest BCUT2D eigenvalue weighted by molar-refractivity contribution is 7.94. The molecule has 4 heterocycles. The molecule has 1 N–H and O–H groups in total. The summed E-state index contributed by atoms with van der Waals surface area (Å²) in [4.78, 5) is 23.8. The van der Waals surface area contributed by atoms with Crippen molar-refractivity contribution in [2.45, 2.75) is 18.6 Å². The van der Waals surface area contributed by atoms with Crippen molar-refractivity contribution in [2.75, 3.05) is 37.5 Å². The van der Waals surface area contributed by atoms with Gasteiger partial charge in [-0.15, -0.1) is 0 Å². The van der Waals surface area contributed by atoms with Crippen LogP contribution in [0.3, 0.4) is 0 Å². The molecule has 2 saturated heterocycles. The molecule has 0 radical (unpaired) electrons. The van der Waals surface area contributed by atoms with Crippen LogP contribution in [0.2, 0.25) is 0 Å². The topological polar surface area (TPSA) is 122 Å². The maximum atomic E-state index is 11.9. The normalized spacial score (nSPS) is 29.3. The predicted molar refractivity (Wildman–Crippen MR) is 115 cm³/mol. The van der Waals surface area contributed by atoms with Crippen LogP contribution in [0.5, 0.6) is 5.88 Å². The van der Waals surface area contributed by atoms with Gasteiger partial charge in [0.05, 0.1) is 24.2 Å². The Bertz CT molecular complexity index is 1120. The molecule has 3 atom stereocenters. The van der Waals surface area contributed by atoms with Gasteiger partial charge >= 0.3 is 6.09 Å². The Morgan fingerprint density at radius 1 is 1.25 bits per heavy atom. The number of rotatable bonds is 4. The molecule has 3 aliphatic heterocycles. The van der Waals surface area contributed by atoms with E-state index in [1.54, 1.807) is 18.2 Å². The number of carbonyl (C=O) groups is 1. The van der Waals surface area contributed by atoms with E-state index < -0.39 is 15.9 Å². The van der Waals surface area contributed by atoms with Crippen LogP contribution in [-0.4, -0.2) is 79.2 Å². The second-order valence-corrected chi connectivity index (χ2v) is 10.6. The lowest BCUT2D eigenvalue weighted by Crippen LogP contribution is -2.58. The first-order valence-corrected chi connectivity index (χ1v) is 12.3. The van der Waals surface area contributed by atoms with Gasteiger partial charge in [-0.2, -0.15) is 0 Å². The summed E-state index contributed by atoms with van der Waals surface area (Å²) in [5, 5.41) is 9.35. The predicted octanol–water partition coefficient (Wildman–Crippen LogP) is 1.44. The monoisotopic (exact) mass is 460 g/mol. The third-order valence-electron chi connectivity index (χ3n) is 6.35. The first-order valence-electron chi connectivity index (χ1n) is 10.4. The zero-order chi connectivity index (χ0) is 22.5. The van der Waals surface area contributed by atoms with Gasteiger partial charge in [0.1, 0.15) is 18.2 Å². The van der Waals surface area contributed by atoms with Crippen LogP contribution in [0.4, 0.5) is 10.6 Å². The van der Waals surface area contributed by atoms with Crippen LogP contribution in [0.15, 0.2) is 47.3 Å². The van der Waals surface area contributed by atoms with Gasteiger partial charge < -0.3 is 24.4 Å². The molecule has 1 aromatic heterocycles. The van der Waals surface area contributed by atoms with Crippen molar-refractivity contribution < 1.29 is 27.8 Å². The molecule has 0 saturated carbocycles. The minimum absolute atomic E-state index is 0.0326. The number of hydrogen-bond donors (Lipinski definition) is 1. The third-order valence-corrected chi connectivity index (χ3v) is 7.49. The van der Waals surface area contributed by atoms with E-state index in [-0.39, 0.29) is 24.0 Å². The quantitative estimate of drug-likeness (QED) is 0.711. The fraction of sp³-hybridized carbons (Fsp3) is 0.476. The molecule has 11 heteroatoms. The van der Waals surface area contributed by atoms with E-state index in [1.807, 2.05) is 17.2 Å². The Morgan fingerprint density at radius 2 is 2.00 bits per heavy atom. The second kappa shape index (κ2) is 7.89. The van der Waals surface area contributed by atoms with E-state index in [9.17, 15) is 18.3 Å². The summed E-state index contributed by atoms with van der Waals surface area (Å²) in [6, 6.07) is 1.73. The Labute approximate surface area is 185 Å². The summed E-state index contributed by atoms with van der Waals surface area (Å²) in [5.74, 6) is 0.960. The molecular formula is C21H24N4O6S. The first kappa shape index (κ1) is 21.0. The van der Waals surface area contributed by atoms with E-state index in [0.717, 1.165) is 5.57 Å². The largest absolute Gasteiger partial charge is 0.473 e. The second-order valence-electron chi connectivity index (χ2n) is 8.54. The molecule has 2 bridgehead atoms. The van der Waals surface area contributed by atoms with E-state index >= 15 is 0 Å². The fourth-order valence-electron chi connectivity index (χ4n) is 4.80. The van der Waals surface area contributed by atoms with Crippen LogP contribution in [-0.2, 0) is 14.6 Å². The fourth-order valence-corrected chi connectivity index (χ4v) is 5.55. The summed E-state index contributed by atoms with van der Waals surface area (Å²) in [6.45, 7) is 1.63. The van der Waals surface area contributed by atoms with Crippen molar-refractivity contribution in [3.8, 4) is 5.88 Å². The molecule has 3 unspecified atom stereocenters. The average Bonchev–Trinajstić information content (AvgIpc) is 3.16. The Kier molecular flexibility index (Phi) is 5.17. The standard InChI is InChI=1S/C21H24N4O6S/c1-32(28,29)16-2-3-17-13(6-16)4-5-25(17)18-7-19(23-12-22-18)31-20-14-8-24(21(26)27)9-15(20)11-30-10-14/h2,4-7,12,14-15,17,20H,3,8-11H2,1H3,(H,26,27). The molecule has 4 aliphatic rings. The summed E-state index contributed by atoms with van der Waals surface area (Å²) in [6.07, 6.45) is 9.33. The average molecular weight is 461 g/mol. The number of anilines is 1. The maximum Gasteiger partial charge on any atom is 0.407 e. The molecule has 1 aliphatic carbocycles. The van der Waals surface area contributed by atoms with E-state index in [0.29, 0.717) is 49.3 Å². The molecule has 10 nitrogen and oxygen atoms in total. The number of allylic oxidation sites excluding steroid dienone is 1. The van der Waals surface area contributed by atoms with Crippen LogP contribution in [0.1, 0.15) is 6.42 Å². The lowest BCUT2D eigenvalue weighted by Gasteiger charge is -2.45. The van der Waals surface area contributed by atoms with Crippen LogP contribution in [0, 0.1) is 11.8 Å². The van der Waals surface area contributed by atoms with Gasteiger partial charge in [0.25, 0.3) is 0 Å². The van der Waals surface area contributed by atoms with Crippen LogP contribution >= 0.6 is 0 Å². The highest BCUT2D eigenvalue weighted by atomic mass is 32.2. The molecule has 1 amide bonds. The number of sulfone groups is 1. The zero-order valence-corrected chi connectivity index (χ0v) is 18.3.